The predicted octanol–water partition coefficient (Wildman–Crippen LogP) is 4.09. The number of imidazole rings is 1. The van der Waals surface area contributed by atoms with E-state index in [1.807, 2.05) is 36.5 Å². The summed E-state index contributed by atoms with van der Waals surface area (Å²) in [6.45, 7) is 4.32. The summed E-state index contributed by atoms with van der Waals surface area (Å²) in [5, 5.41) is 19.7. The lowest BCUT2D eigenvalue weighted by Gasteiger charge is -2.37. The van der Waals surface area contributed by atoms with Gasteiger partial charge in [-0.2, -0.15) is 10.5 Å². The molecular formula is C28H27N7. The van der Waals surface area contributed by atoms with Crippen LogP contribution in [0, 0.1) is 28.6 Å². The lowest BCUT2D eigenvalue weighted by atomic mass is 9.93. The highest BCUT2D eigenvalue weighted by atomic mass is 15.3. The first kappa shape index (κ1) is 21.6. The molecule has 0 atom stereocenters. The van der Waals surface area contributed by atoms with E-state index in [1.165, 1.54) is 5.56 Å². The molecule has 0 radical (unpaired) electrons. The number of aromatic nitrogens is 3. The molecule has 0 saturated carbocycles. The zero-order chi connectivity index (χ0) is 23.8. The number of anilines is 1. The number of hydrogen-bond acceptors (Lipinski definition) is 6. The number of fused-ring (bicyclic) bond motifs is 4. The van der Waals surface area contributed by atoms with Crippen LogP contribution < -0.4 is 4.90 Å². The van der Waals surface area contributed by atoms with E-state index in [2.05, 4.69) is 43.5 Å². The second kappa shape index (κ2) is 9.02. The van der Waals surface area contributed by atoms with Gasteiger partial charge in [0.05, 0.1) is 22.7 Å². The molecule has 0 N–H and O–H groups in total. The van der Waals surface area contributed by atoms with Crippen LogP contribution >= 0.6 is 0 Å². The third kappa shape index (κ3) is 3.79. The van der Waals surface area contributed by atoms with Crippen molar-refractivity contribution in [2.24, 2.45) is 5.92 Å². The Morgan fingerprint density at radius 3 is 2.57 bits per heavy atom. The van der Waals surface area contributed by atoms with Gasteiger partial charge in [-0.25, -0.2) is 4.98 Å². The first-order valence-electron chi connectivity index (χ1n) is 12.4. The average molecular weight is 462 g/mol. The van der Waals surface area contributed by atoms with E-state index in [-0.39, 0.29) is 5.92 Å². The summed E-state index contributed by atoms with van der Waals surface area (Å²) in [6, 6.07) is 19.2. The van der Waals surface area contributed by atoms with Crippen LogP contribution in [0.15, 0.2) is 48.7 Å². The Kier molecular flexibility index (Phi) is 5.56. The molecule has 7 nitrogen and oxygen atoms in total. The van der Waals surface area contributed by atoms with Crippen molar-refractivity contribution < 1.29 is 0 Å². The molecule has 1 saturated heterocycles. The summed E-state index contributed by atoms with van der Waals surface area (Å²) >= 11 is 0. The Morgan fingerprint density at radius 2 is 1.80 bits per heavy atom. The van der Waals surface area contributed by atoms with Crippen LogP contribution in [0.25, 0.3) is 16.7 Å². The molecule has 7 heteroatoms. The molecular weight excluding hydrogens is 434 g/mol. The maximum absolute atomic E-state index is 10.2. The Balaban J connectivity index is 1.47. The Bertz CT molecular complexity index is 1470. The van der Waals surface area contributed by atoms with Crippen molar-refractivity contribution in [3.63, 3.8) is 0 Å². The molecule has 0 spiro atoms. The molecule has 1 aromatic carbocycles. The molecule has 6 rings (SSSR count). The summed E-state index contributed by atoms with van der Waals surface area (Å²) in [7, 11) is 0. The quantitative estimate of drug-likeness (QED) is 0.455. The van der Waals surface area contributed by atoms with Crippen LogP contribution in [0.2, 0.25) is 0 Å². The fourth-order valence-corrected chi connectivity index (χ4v) is 5.66. The van der Waals surface area contributed by atoms with Crippen LogP contribution in [0.3, 0.4) is 0 Å². The van der Waals surface area contributed by atoms with Gasteiger partial charge in [-0.1, -0.05) is 18.2 Å². The molecule has 2 aliphatic heterocycles. The summed E-state index contributed by atoms with van der Waals surface area (Å²) in [6.07, 6.45) is 5.32. The molecule has 5 heterocycles. The van der Waals surface area contributed by atoms with Crippen LogP contribution in [0.1, 0.15) is 35.2 Å². The maximum Gasteiger partial charge on any atom is 0.157 e. The van der Waals surface area contributed by atoms with E-state index in [0.29, 0.717) is 5.56 Å². The van der Waals surface area contributed by atoms with Gasteiger partial charge in [0.2, 0.25) is 0 Å². The first-order valence-corrected chi connectivity index (χ1v) is 12.4. The highest BCUT2D eigenvalue weighted by Gasteiger charge is 2.31. The van der Waals surface area contributed by atoms with Gasteiger partial charge in [-0.3, -0.25) is 14.3 Å². The minimum atomic E-state index is 0.116. The molecule has 0 amide bonds. The zero-order valence-corrected chi connectivity index (χ0v) is 19.7. The minimum Gasteiger partial charge on any atom is -0.357 e. The number of hydrogen-bond donors (Lipinski definition) is 0. The largest absolute Gasteiger partial charge is 0.357 e. The Hall–Kier alpha value is -3.94. The van der Waals surface area contributed by atoms with Crippen molar-refractivity contribution >= 4 is 22.5 Å². The van der Waals surface area contributed by atoms with Crippen molar-refractivity contribution in [2.75, 3.05) is 31.1 Å². The van der Waals surface area contributed by atoms with Gasteiger partial charge in [0, 0.05) is 62.5 Å². The van der Waals surface area contributed by atoms with E-state index in [9.17, 15) is 10.5 Å². The molecule has 35 heavy (non-hydrogen) atoms. The topological polar surface area (TPSA) is 84.2 Å². The van der Waals surface area contributed by atoms with Gasteiger partial charge in [0.25, 0.3) is 0 Å². The van der Waals surface area contributed by atoms with Gasteiger partial charge >= 0.3 is 0 Å². The normalized spacial score (nSPS) is 16.8. The standard InChI is InChI=1S/C28H27N7/c29-17-20-8-15-34(16-9-20)28-24-19-33(13-10-21-5-3-4-12-31-21)14-11-22(24)23(18-30)27-32-25-6-1-2-7-26(25)35(27)28/h1-7,12,20H,8-11,13-16,19H2. The number of nitriles is 2. The first-order chi connectivity index (χ1) is 17.3. The number of para-hydroxylation sites is 2. The van der Waals surface area contributed by atoms with Gasteiger partial charge in [-0.05, 0) is 49.1 Å². The summed E-state index contributed by atoms with van der Waals surface area (Å²) in [5.41, 5.74) is 6.88. The fourth-order valence-electron chi connectivity index (χ4n) is 5.66. The number of nitrogens with zero attached hydrogens (tertiary/aromatic N) is 7. The zero-order valence-electron chi connectivity index (χ0n) is 19.7. The van der Waals surface area contributed by atoms with E-state index in [1.54, 1.807) is 0 Å². The summed E-state index contributed by atoms with van der Waals surface area (Å²) < 4.78 is 2.21. The average Bonchev–Trinajstić information content (AvgIpc) is 3.30. The Morgan fingerprint density at radius 1 is 0.971 bits per heavy atom. The van der Waals surface area contributed by atoms with E-state index < -0.39 is 0 Å². The molecule has 0 bridgehead atoms. The second-order valence-electron chi connectivity index (χ2n) is 9.51. The number of piperidine rings is 1. The second-order valence-corrected chi connectivity index (χ2v) is 9.51. The predicted molar refractivity (Wildman–Crippen MR) is 135 cm³/mol. The highest BCUT2D eigenvalue weighted by Crippen LogP contribution is 2.38. The monoisotopic (exact) mass is 461 g/mol. The van der Waals surface area contributed by atoms with Crippen LogP contribution in [-0.4, -0.2) is 45.4 Å². The lowest BCUT2D eigenvalue weighted by molar-refractivity contribution is 0.256. The van der Waals surface area contributed by atoms with Crippen molar-refractivity contribution in [2.45, 2.75) is 32.2 Å². The van der Waals surface area contributed by atoms with Crippen molar-refractivity contribution in [1.82, 2.24) is 19.3 Å². The van der Waals surface area contributed by atoms with E-state index in [4.69, 9.17) is 4.98 Å². The number of rotatable bonds is 4. The number of benzene rings is 1. The van der Waals surface area contributed by atoms with Gasteiger partial charge < -0.3 is 4.90 Å². The van der Waals surface area contributed by atoms with Crippen molar-refractivity contribution in [3.8, 4) is 12.1 Å². The van der Waals surface area contributed by atoms with Crippen molar-refractivity contribution in [3.05, 3.63) is 71.0 Å². The minimum absolute atomic E-state index is 0.116. The molecule has 1 fully saturated rings. The summed E-state index contributed by atoms with van der Waals surface area (Å²) in [4.78, 5) is 14.3. The van der Waals surface area contributed by atoms with Gasteiger partial charge in [-0.15, -0.1) is 0 Å². The molecule has 3 aromatic heterocycles. The third-order valence-corrected chi connectivity index (χ3v) is 7.49. The smallest absolute Gasteiger partial charge is 0.157 e. The van der Waals surface area contributed by atoms with E-state index >= 15 is 0 Å². The van der Waals surface area contributed by atoms with Crippen LogP contribution in [-0.2, 0) is 19.4 Å². The fraction of sp³-hybridized carbons (Fsp3) is 0.357. The maximum atomic E-state index is 10.2. The lowest BCUT2D eigenvalue weighted by Crippen LogP contribution is -2.39. The van der Waals surface area contributed by atoms with E-state index in [0.717, 1.165) is 92.2 Å². The SMILES string of the molecule is N#Cc1c2c(c(N3CCC(C#N)CC3)n3c1nc1ccccc13)CN(CCc1ccccn1)CC2. The Labute approximate surface area is 204 Å². The molecule has 4 aromatic rings. The number of pyridine rings is 2. The summed E-state index contributed by atoms with van der Waals surface area (Å²) in [5.74, 6) is 1.27. The molecule has 0 unspecified atom stereocenters. The third-order valence-electron chi connectivity index (χ3n) is 7.49. The van der Waals surface area contributed by atoms with Crippen LogP contribution in [0.4, 0.5) is 5.82 Å². The van der Waals surface area contributed by atoms with Crippen LogP contribution in [0.5, 0.6) is 0 Å². The van der Waals surface area contributed by atoms with Crippen molar-refractivity contribution in [1.29, 1.82) is 10.5 Å². The molecule has 2 aliphatic rings. The molecule has 0 aliphatic carbocycles. The molecule has 174 valence electrons. The van der Waals surface area contributed by atoms with Gasteiger partial charge in [0.1, 0.15) is 11.9 Å². The van der Waals surface area contributed by atoms with Gasteiger partial charge in [0.15, 0.2) is 5.65 Å². The highest BCUT2D eigenvalue weighted by molar-refractivity contribution is 5.86.